The highest BCUT2D eigenvalue weighted by Crippen LogP contribution is 2.05. The average Bonchev–Trinajstić information content (AvgIpc) is 3.58. The zero-order valence-electron chi connectivity index (χ0n) is 25.8. The molecule has 0 spiro atoms. The summed E-state index contributed by atoms with van der Waals surface area (Å²) < 4.78 is 8.62. The first-order valence-corrected chi connectivity index (χ1v) is 14.8. The summed E-state index contributed by atoms with van der Waals surface area (Å²) in [5.74, 6) is -1.34. The Bertz CT molecular complexity index is 702. The van der Waals surface area contributed by atoms with E-state index < -0.39 is 11.9 Å². The van der Waals surface area contributed by atoms with Crippen LogP contribution >= 0.6 is 0 Å². The van der Waals surface area contributed by atoms with Crippen LogP contribution in [0, 0.1) is 0 Å². The lowest BCUT2D eigenvalue weighted by Gasteiger charge is -1.95. The highest BCUT2D eigenvalue weighted by atomic mass is 16.4. The largest absolute Gasteiger partial charge is 0.481 e. The van der Waals surface area contributed by atoms with E-state index in [9.17, 15) is 9.59 Å². The maximum Gasteiger partial charge on any atom is 0.303 e. The molecule has 0 radical (unpaired) electrons. The van der Waals surface area contributed by atoms with Gasteiger partial charge in [0, 0.05) is 12.8 Å². The van der Waals surface area contributed by atoms with Gasteiger partial charge < -0.3 is 15.7 Å². The lowest BCUT2D eigenvalue weighted by atomic mass is 10.1. The molecule has 2 rings (SSSR count). The molecule has 0 saturated heterocycles. The number of aromatic nitrogens is 4. The van der Waals surface area contributed by atoms with Crippen LogP contribution in [0.2, 0.25) is 0 Å². The van der Waals surface area contributed by atoms with Gasteiger partial charge in [-0.2, -0.15) is 0 Å². The van der Waals surface area contributed by atoms with E-state index in [-0.39, 0.29) is 5.48 Å². The van der Waals surface area contributed by atoms with Crippen molar-refractivity contribution in [3.8, 4) is 0 Å². The Labute approximate surface area is 237 Å². The molecule has 9 nitrogen and oxygen atoms in total. The predicted molar refractivity (Wildman–Crippen MR) is 158 cm³/mol. The molecule has 2 heterocycles. The van der Waals surface area contributed by atoms with Crippen LogP contribution in [-0.2, 0) is 35.8 Å². The van der Waals surface area contributed by atoms with Crippen molar-refractivity contribution in [3.05, 3.63) is 37.4 Å². The van der Waals surface area contributed by atoms with Crippen molar-refractivity contribution in [1.29, 1.82) is 0 Å². The van der Waals surface area contributed by atoms with Gasteiger partial charge in [-0.15, -0.1) is 0 Å². The molecule has 0 aliphatic heterocycles. The highest BCUT2D eigenvalue weighted by Gasteiger charge is 1.97. The van der Waals surface area contributed by atoms with Crippen LogP contribution in [0.25, 0.3) is 0 Å². The summed E-state index contributed by atoms with van der Waals surface area (Å²) in [5.41, 5.74) is 0. The third-order valence-electron chi connectivity index (χ3n) is 5.94. The molecule has 0 saturated carbocycles. The zero-order valence-corrected chi connectivity index (χ0v) is 25.8. The summed E-state index contributed by atoms with van der Waals surface area (Å²) in [4.78, 5) is 20.1. The molecule has 0 aromatic carbocycles. The smallest absolute Gasteiger partial charge is 0.303 e. The van der Waals surface area contributed by atoms with Crippen LogP contribution in [-0.4, -0.2) is 36.8 Å². The molecule has 9 heteroatoms. The van der Waals surface area contributed by atoms with Gasteiger partial charge in [0.2, 0.25) is 12.7 Å². The minimum Gasteiger partial charge on any atom is -0.481 e. The quantitative estimate of drug-likeness (QED) is 0.204. The SMILES string of the molecule is CCCCCCCC(=O)O.CCCCCCCC(=O)O.CCn1cc[n+](CC)c1.CCn1cc[n+](CC)c1.O. The van der Waals surface area contributed by atoms with Gasteiger partial charge in [0.25, 0.3) is 0 Å². The molecular weight excluding hydrogens is 496 g/mol. The van der Waals surface area contributed by atoms with Gasteiger partial charge in [0.05, 0.1) is 26.2 Å². The van der Waals surface area contributed by atoms with Gasteiger partial charge in [-0.25, -0.2) is 18.3 Å². The molecule has 0 amide bonds. The van der Waals surface area contributed by atoms with Gasteiger partial charge in [-0.1, -0.05) is 65.2 Å². The standard InChI is InChI=1S/2C8H16O2.2C7H13N2.H2O/c2*1-2-3-4-5-6-7-8(9)10;2*1-3-8-5-6-9(4-2)7-8;/h2*2-7H2,1H3,(H,9,10);2*5-7H,3-4H2,1-2H3;1H2/q;;2*+1;. The molecular formula is C30H60N4O5+2. The number of hydrogen-bond donors (Lipinski definition) is 2. The molecule has 0 atom stereocenters. The zero-order chi connectivity index (χ0) is 29.0. The van der Waals surface area contributed by atoms with E-state index in [0.717, 1.165) is 51.9 Å². The number of carboxylic acid groups (broad SMARTS) is 2. The fraction of sp³-hybridized carbons (Fsp3) is 0.733. The first kappa shape index (κ1) is 40.8. The van der Waals surface area contributed by atoms with E-state index in [1.165, 1.54) is 38.5 Å². The van der Waals surface area contributed by atoms with Crippen molar-refractivity contribution in [3.63, 3.8) is 0 Å². The second-order valence-electron chi connectivity index (χ2n) is 9.26. The van der Waals surface area contributed by atoms with Crippen LogP contribution < -0.4 is 9.13 Å². The number of carbonyl (C=O) groups is 2. The Kier molecular flexibility index (Phi) is 31.3. The third kappa shape index (κ3) is 28.2. The van der Waals surface area contributed by atoms with Crippen LogP contribution in [0.3, 0.4) is 0 Å². The second kappa shape index (κ2) is 29.9. The average molecular weight is 557 g/mol. The summed E-state index contributed by atoms with van der Waals surface area (Å²) in [7, 11) is 0. The minimum absolute atomic E-state index is 0. The number of rotatable bonds is 16. The number of aryl methyl sites for hydroxylation is 4. The Morgan fingerprint density at radius 2 is 0.923 bits per heavy atom. The van der Waals surface area contributed by atoms with E-state index in [0.29, 0.717) is 12.8 Å². The van der Waals surface area contributed by atoms with Gasteiger partial charge in [-0.05, 0) is 40.5 Å². The van der Waals surface area contributed by atoms with E-state index >= 15 is 0 Å². The fourth-order valence-electron chi connectivity index (χ4n) is 3.39. The summed E-state index contributed by atoms with van der Waals surface area (Å²) in [5, 5.41) is 16.5. The summed E-state index contributed by atoms with van der Waals surface area (Å²) in [6, 6.07) is 0. The molecule has 0 unspecified atom stereocenters. The van der Waals surface area contributed by atoms with Crippen molar-refractivity contribution in [1.82, 2.24) is 9.13 Å². The molecule has 0 aliphatic carbocycles. The molecule has 2 aromatic heterocycles. The Morgan fingerprint density at radius 3 is 1.13 bits per heavy atom. The van der Waals surface area contributed by atoms with Crippen molar-refractivity contribution < 1.29 is 34.4 Å². The molecule has 39 heavy (non-hydrogen) atoms. The van der Waals surface area contributed by atoms with Crippen molar-refractivity contribution >= 4 is 11.9 Å². The Balaban J connectivity index is -0.000000439. The fourth-order valence-corrected chi connectivity index (χ4v) is 3.39. The maximum atomic E-state index is 10.0. The van der Waals surface area contributed by atoms with E-state index in [4.69, 9.17) is 10.2 Å². The predicted octanol–water partition coefficient (Wildman–Crippen LogP) is 5.67. The van der Waals surface area contributed by atoms with Crippen molar-refractivity contribution in [2.45, 2.75) is 145 Å². The number of nitrogens with zero attached hydrogens (tertiary/aromatic N) is 4. The summed E-state index contributed by atoms with van der Waals surface area (Å²) >= 11 is 0. The number of aliphatic carboxylic acids is 2. The van der Waals surface area contributed by atoms with Gasteiger partial charge in [0.1, 0.15) is 24.8 Å². The lowest BCUT2D eigenvalue weighted by Crippen LogP contribution is -2.28. The van der Waals surface area contributed by atoms with E-state index in [1.54, 1.807) is 0 Å². The highest BCUT2D eigenvalue weighted by molar-refractivity contribution is 5.66. The number of hydrogen-bond acceptors (Lipinski definition) is 2. The third-order valence-corrected chi connectivity index (χ3v) is 5.94. The summed E-state index contributed by atoms with van der Waals surface area (Å²) in [6.07, 6.45) is 24.3. The monoisotopic (exact) mass is 556 g/mol. The molecule has 2 aromatic rings. The van der Waals surface area contributed by atoms with Gasteiger partial charge in [-0.3, -0.25) is 9.59 Å². The van der Waals surface area contributed by atoms with Crippen LogP contribution in [0.1, 0.15) is 119 Å². The molecule has 0 fully saturated rings. The van der Waals surface area contributed by atoms with Crippen LogP contribution in [0.15, 0.2) is 37.4 Å². The second-order valence-corrected chi connectivity index (χ2v) is 9.26. The normalized spacial score (nSPS) is 9.59. The van der Waals surface area contributed by atoms with Gasteiger partial charge >= 0.3 is 11.9 Å². The number of unbranched alkanes of at least 4 members (excludes halogenated alkanes) is 8. The summed E-state index contributed by atoms with van der Waals surface area (Å²) in [6.45, 7) is 17.1. The molecule has 0 bridgehead atoms. The maximum absolute atomic E-state index is 10.0. The van der Waals surface area contributed by atoms with E-state index in [2.05, 4.69) is 97.3 Å². The van der Waals surface area contributed by atoms with E-state index in [1.807, 2.05) is 0 Å². The lowest BCUT2D eigenvalue weighted by molar-refractivity contribution is -0.693. The topological polar surface area (TPSA) is 124 Å². The minimum atomic E-state index is -0.670. The molecule has 4 N–H and O–H groups in total. The Hall–Kier alpha value is -2.68. The van der Waals surface area contributed by atoms with Crippen LogP contribution in [0.5, 0.6) is 0 Å². The Morgan fingerprint density at radius 1 is 0.590 bits per heavy atom. The molecule has 0 aliphatic rings. The molecule has 228 valence electrons. The number of carboxylic acids is 2. The van der Waals surface area contributed by atoms with Crippen molar-refractivity contribution in [2.24, 2.45) is 0 Å². The first-order valence-electron chi connectivity index (χ1n) is 14.8. The number of imidazole rings is 2. The van der Waals surface area contributed by atoms with Crippen molar-refractivity contribution in [2.75, 3.05) is 0 Å². The first-order chi connectivity index (χ1) is 18.3. The van der Waals surface area contributed by atoms with Crippen LogP contribution in [0.4, 0.5) is 0 Å². The van der Waals surface area contributed by atoms with Gasteiger partial charge in [0.15, 0.2) is 0 Å².